The summed E-state index contributed by atoms with van der Waals surface area (Å²) in [4.78, 5) is 0. The van der Waals surface area contributed by atoms with Gasteiger partial charge in [-0.3, -0.25) is 0 Å². The Kier molecular flexibility index (Phi) is 5.67. The maximum absolute atomic E-state index is 5.40. The Morgan fingerprint density at radius 2 is 1.84 bits per heavy atom. The topological polar surface area (TPSA) is 30.5 Å². The molecule has 1 fully saturated rings. The van der Waals surface area contributed by atoms with Crippen LogP contribution in [-0.2, 0) is 11.2 Å². The number of hydrogen-bond donors (Lipinski definition) is 1. The first-order valence-corrected chi connectivity index (χ1v) is 7.21. The van der Waals surface area contributed by atoms with Crippen molar-refractivity contribution in [2.75, 3.05) is 20.8 Å². The fraction of sp³-hybridized carbons (Fsp3) is 0.625. The van der Waals surface area contributed by atoms with Crippen molar-refractivity contribution in [2.24, 2.45) is 0 Å². The summed E-state index contributed by atoms with van der Waals surface area (Å²) in [6, 6.07) is 8.91. The molecule has 1 N–H and O–H groups in total. The van der Waals surface area contributed by atoms with E-state index in [1.165, 1.54) is 31.2 Å². The average molecular weight is 263 g/mol. The van der Waals surface area contributed by atoms with Crippen molar-refractivity contribution in [3.8, 4) is 5.75 Å². The molecular weight excluding hydrogens is 238 g/mol. The van der Waals surface area contributed by atoms with E-state index < -0.39 is 0 Å². The van der Waals surface area contributed by atoms with Gasteiger partial charge in [-0.1, -0.05) is 18.2 Å². The summed E-state index contributed by atoms with van der Waals surface area (Å²) in [5.41, 5.74) is 1.28. The Bertz CT molecular complexity index is 373. The van der Waals surface area contributed by atoms with Crippen molar-refractivity contribution in [1.29, 1.82) is 0 Å². The number of rotatable bonds is 6. The van der Waals surface area contributed by atoms with E-state index in [9.17, 15) is 0 Å². The Morgan fingerprint density at radius 3 is 2.53 bits per heavy atom. The molecule has 0 bridgehead atoms. The first-order chi connectivity index (χ1) is 9.33. The van der Waals surface area contributed by atoms with E-state index >= 15 is 0 Å². The lowest BCUT2D eigenvalue weighted by atomic mass is 9.93. The minimum absolute atomic E-state index is 0.479. The normalized spacial score (nSPS) is 23.3. The summed E-state index contributed by atoms with van der Waals surface area (Å²) in [5.74, 6) is 0.993. The first kappa shape index (κ1) is 14.4. The molecule has 3 heteroatoms. The van der Waals surface area contributed by atoms with E-state index in [0.717, 1.165) is 18.7 Å². The first-order valence-electron chi connectivity index (χ1n) is 7.21. The molecule has 0 radical (unpaired) electrons. The van der Waals surface area contributed by atoms with Crippen molar-refractivity contribution in [2.45, 2.75) is 44.2 Å². The van der Waals surface area contributed by atoms with E-state index in [0.29, 0.717) is 12.1 Å². The third-order valence-electron chi connectivity index (χ3n) is 4.03. The van der Waals surface area contributed by atoms with Gasteiger partial charge in [0.15, 0.2) is 0 Å². The zero-order valence-electron chi connectivity index (χ0n) is 12.0. The summed E-state index contributed by atoms with van der Waals surface area (Å²) in [6.07, 6.45) is 6.32. The van der Waals surface area contributed by atoms with Crippen LogP contribution in [0, 0.1) is 0 Å². The van der Waals surface area contributed by atoms with Crippen LogP contribution in [0.5, 0.6) is 5.75 Å². The minimum Gasteiger partial charge on any atom is -0.496 e. The largest absolute Gasteiger partial charge is 0.496 e. The molecule has 0 saturated heterocycles. The van der Waals surface area contributed by atoms with Crippen LogP contribution in [-0.4, -0.2) is 32.9 Å². The lowest BCUT2D eigenvalue weighted by molar-refractivity contribution is 0.0626. The molecule has 1 aromatic rings. The van der Waals surface area contributed by atoms with Crippen molar-refractivity contribution < 1.29 is 9.47 Å². The molecule has 0 spiro atoms. The summed E-state index contributed by atoms with van der Waals surface area (Å²) in [5, 5.41) is 3.65. The van der Waals surface area contributed by atoms with Gasteiger partial charge in [0.05, 0.1) is 13.2 Å². The number of nitrogens with one attached hydrogen (secondary N) is 1. The highest BCUT2D eigenvalue weighted by atomic mass is 16.5. The molecule has 19 heavy (non-hydrogen) atoms. The van der Waals surface area contributed by atoms with Gasteiger partial charge in [0.1, 0.15) is 5.75 Å². The molecule has 3 nitrogen and oxygen atoms in total. The standard InChI is InChI=1S/C16H25NO2/c1-18-15-9-7-14(8-10-15)17-12-11-13-5-3-4-6-16(13)19-2/h3-6,14-15,17H,7-12H2,1-2H3. The molecule has 2 rings (SSSR count). The number of hydrogen-bond acceptors (Lipinski definition) is 3. The van der Waals surface area contributed by atoms with Crippen molar-refractivity contribution in [1.82, 2.24) is 5.32 Å². The lowest BCUT2D eigenvalue weighted by Gasteiger charge is -2.28. The zero-order valence-corrected chi connectivity index (χ0v) is 12.0. The second-order valence-electron chi connectivity index (χ2n) is 5.23. The van der Waals surface area contributed by atoms with Crippen molar-refractivity contribution >= 4 is 0 Å². The van der Waals surface area contributed by atoms with E-state index in [1.54, 1.807) is 7.11 Å². The smallest absolute Gasteiger partial charge is 0.122 e. The van der Waals surface area contributed by atoms with Gasteiger partial charge >= 0.3 is 0 Å². The third-order valence-corrected chi connectivity index (χ3v) is 4.03. The lowest BCUT2D eigenvalue weighted by Crippen LogP contribution is -2.36. The van der Waals surface area contributed by atoms with Crippen molar-refractivity contribution in [3.05, 3.63) is 29.8 Å². The minimum atomic E-state index is 0.479. The number of benzene rings is 1. The number of methoxy groups -OCH3 is 2. The van der Waals surface area contributed by atoms with Gasteiger partial charge in [-0.2, -0.15) is 0 Å². The third kappa shape index (κ3) is 4.22. The van der Waals surface area contributed by atoms with Gasteiger partial charge in [0.25, 0.3) is 0 Å². The fourth-order valence-corrected chi connectivity index (χ4v) is 2.82. The van der Waals surface area contributed by atoms with Gasteiger partial charge in [-0.25, -0.2) is 0 Å². The molecular formula is C16H25NO2. The molecule has 0 aromatic heterocycles. The van der Waals surface area contributed by atoms with Crippen LogP contribution < -0.4 is 10.1 Å². The highest BCUT2D eigenvalue weighted by Gasteiger charge is 2.20. The maximum Gasteiger partial charge on any atom is 0.122 e. The predicted octanol–water partition coefficient (Wildman–Crippen LogP) is 2.78. The van der Waals surface area contributed by atoms with E-state index in [-0.39, 0.29) is 0 Å². The van der Waals surface area contributed by atoms with E-state index in [4.69, 9.17) is 9.47 Å². The molecule has 1 aromatic carbocycles. The Labute approximate surface area is 116 Å². The molecule has 106 valence electrons. The Hall–Kier alpha value is -1.06. The number of ether oxygens (including phenoxy) is 2. The van der Waals surface area contributed by atoms with E-state index in [1.807, 2.05) is 19.2 Å². The van der Waals surface area contributed by atoms with Gasteiger partial charge in [0, 0.05) is 13.2 Å². The summed E-state index contributed by atoms with van der Waals surface area (Å²) in [6.45, 7) is 1.02. The van der Waals surface area contributed by atoms with E-state index in [2.05, 4.69) is 17.4 Å². The van der Waals surface area contributed by atoms with Gasteiger partial charge in [-0.15, -0.1) is 0 Å². The van der Waals surface area contributed by atoms with Crippen LogP contribution in [0.4, 0.5) is 0 Å². The number of para-hydroxylation sites is 1. The van der Waals surface area contributed by atoms with Crippen molar-refractivity contribution in [3.63, 3.8) is 0 Å². The highest BCUT2D eigenvalue weighted by Crippen LogP contribution is 2.21. The SMILES string of the molecule is COc1ccccc1CCNC1CCC(OC)CC1. The fourth-order valence-electron chi connectivity index (χ4n) is 2.82. The summed E-state index contributed by atoms with van der Waals surface area (Å²) >= 11 is 0. The van der Waals surface area contributed by atoms with Crippen LogP contribution in [0.2, 0.25) is 0 Å². The Balaban J connectivity index is 1.72. The monoisotopic (exact) mass is 263 g/mol. The predicted molar refractivity (Wildman–Crippen MR) is 77.8 cm³/mol. The molecule has 0 unspecified atom stereocenters. The molecule has 0 heterocycles. The molecule has 0 aliphatic heterocycles. The quantitative estimate of drug-likeness (QED) is 0.856. The maximum atomic E-state index is 5.40. The van der Waals surface area contributed by atoms with Gasteiger partial charge in [0.2, 0.25) is 0 Å². The average Bonchev–Trinajstić information content (AvgIpc) is 2.48. The second kappa shape index (κ2) is 7.51. The van der Waals surface area contributed by atoms with Crippen LogP contribution in [0.25, 0.3) is 0 Å². The molecule has 0 amide bonds. The molecule has 1 aliphatic carbocycles. The van der Waals surface area contributed by atoms with Crippen LogP contribution in [0.1, 0.15) is 31.2 Å². The second-order valence-corrected chi connectivity index (χ2v) is 5.23. The summed E-state index contributed by atoms with van der Waals surface area (Å²) < 4.78 is 10.8. The molecule has 1 aliphatic rings. The van der Waals surface area contributed by atoms with Gasteiger partial charge in [-0.05, 0) is 50.3 Å². The molecule has 0 atom stereocenters. The molecule has 1 saturated carbocycles. The van der Waals surface area contributed by atoms with Crippen LogP contribution in [0.15, 0.2) is 24.3 Å². The zero-order chi connectivity index (χ0) is 13.5. The summed E-state index contributed by atoms with van der Waals surface area (Å²) in [7, 11) is 3.55. The van der Waals surface area contributed by atoms with Gasteiger partial charge < -0.3 is 14.8 Å². The Morgan fingerprint density at radius 1 is 1.11 bits per heavy atom. The van der Waals surface area contributed by atoms with Crippen LogP contribution >= 0.6 is 0 Å². The highest BCUT2D eigenvalue weighted by molar-refractivity contribution is 5.33. The van der Waals surface area contributed by atoms with Crippen LogP contribution in [0.3, 0.4) is 0 Å².